The van der Waals surface area contributed by atoms with Crippen molar-refractivity contribution in [3.63, 3.8) is 0 Å². The third-order valence-corrected chi connectivity index (χ3v) is 3.38. The lowest BCUT2D eigenvalue weighted by atomic mass is 9.84. The van der Waals surface area contributed by atoms with Crippen LogP contribution in [0.3, 0.4) is 0 Å². The molecule has 2 nitrogen and oxygen atoms in total. The summed E-state index contributed by atoms with van der Waals surface area (Å²) in [5.41, 5.74) is 0.405. The molecule has 2 aliphatic rings. The maximum atomic E-state index is 10.9. The van der Waals surface area contributed by atoms with E-state index < -0.39 is 0 Å². The Labute approximate surface area is 66.6 Å². The molecule has 0 radical (unpaired) electrons. The van der Waals surface area contributed by atoms with Gasteiger partial charge < -0.3 is 5.11 Å². The first kappa shape index (κ1) is 7.29. The molecule has 62 valence electrons. The van der Waals surface area contributed by atoms with Crippen molar-refractivity contribution in [2.75, 3.05) is 6.61 Å². The van der Waals surface area contributed by atoms with Crippen LogP contribution in [0.5, 0.6) is 0 Å². The molecular formula is C9H14O2. The summed E-state index contributed by atoms with van der Waals surface area (Å²) in [5.74, 6) is 0.940. The van der Waals surface area contributed by atoms with Gasteiger partial charge in [-0.1, -0.05) is 0 Å². The summed E-state index contributed by atoms with van der Waals surface area (Å²) in [6.45, 7) is 0.328. The number of rotatable bonds is 1. The summed E-state index contributed by atoms with van der Waals surface area (Å²) in [4.78, 5) is 10.9. The Hall–Kier alpha value is -0.370. The second-order valence-electron chi connectivity index (χ2n) is 3.98. The van der Waals surface area contributed by atoms with Crippen molar-refractivity contribution in [3.05, 3.63) is 0 Å². The number of aliphatic hydroxyl groups excluding tert-OH is 1. The maximum absolute atomic E-state index is 10.9. The normalized spacial score (nSPS) is 34.3. The van der Waals surface area contributed by atoms with Crippen LogP contribution < -0.4 is 0 Å². The van der Waals surface area contributed by atoms with Crippen molar-refractivity contribution >= 4 is 5.78 Å². The molecule has 0 aromatic heterocycles. The highest BCUT2D eigenvalue weighted by molar-refractivity contribution is 5.79. The number of Topliss-reactive ketones (excluding diaryl/α,β-unsaturated/α-hetero) is 1. The van der Waals surface area contributed by atoms with Crippen LogP contribution in [-0.2, 0) is 4.79 Å². The van der Waals surface area contributed by atoms with Crippen molar-refractivity contribution in [2.24, 2.45) is 11.3 Å². The average Bonchev–Trinajstić information content (AvgIpc) is 2.71. The fraction of sp³-hybridized carbons (Fsp3) is 0.889. The molecule has 2 fully saturated rings. The summed E-state index contributed by atoms with van der Waals surface area (Å²) in [6.07, 6.45) is 4.76. The molecule has 1 spiro atoms. The monoisotopic (exact) mass is 154 g/mol. The van der Waals surface area contributed by atoms with Crippen molar-refractivity contribution in [3.8, 4) is 0 Å². The van der Waals surface area contributed by atoms with E-state index in [0.29, 0.717) is 23.7 Å². The molecule has 2 rings (SSSR count). The topological polar surface area (TPSA) is 37.3 Å². The standard InChI is InChI=1S/C9H14O2/c10-6-7-5-9(7)3-1-8(11)2-4-9/h7,10H,1-6H2. The highest BCUT2D eigenvalue weighted by atomic mass is 16.3. The van der Waals surface area contributed by atoms with E-state index in [2.05, 4.69) is 0 Å². The van der Waals surface area contributed by atoms with Crippen molar-refractivity contribution in [1.29, 1.82) is 0 Å². The van der Waals surface area contributed by atoms with Gasteiger partial charge in [-0.25, -0.2) is 0 Å². The van der Waals surface area contributed by atoms with Gasteiger partial charge >= 0.3 is 0 Å². The number of ketones is 1. The zero-order chi connectivity index (χ0) is 7.90. The molecule has 2 heteroatoms. The van der Waals surface area contributed by atoms with Crippen LogP contribution in [0.1, 0.15) is 32.1 Å². The molecule has 1 N–H and O–H groups in total. The van der Waals surface area contributed by atoms with Gasteiger partial charge in [0.15, 0.2) is 0 Å². The molecule has 0 amide bonds. The molecule has 0 aliphatic heterocycles. The van der Waals surface area contributed by atoms with Crippen LogP contribution in [0, 0.1) is 11.3 Å². The van der Waals surface area contributed by atoms with Gasteiger partial charge in [0.2, 0.25) is 0 Å². The van der Waals surface area contributed by atoms with E-state index in [9.17, 15) is 4.79 Å². The fourth-order valence-corrected chi connectivity index (χ4v) is 2.33. The van der Waals surface area contributed by atoms with Crippen molar-refractivity contribution in [2.45, 2.75) is 32.1 Å². The van der Waals surface area contributed by atoms with E-state index in [4.69, 9.17) is 5.11 Å². The molecule has 1 atom stereocenters. The fourth-order valence-electron chi connectivity index (χ4n) is 2.33. The van der Waals surface area contributed by atoms with Gasteiger partial charge in [-0.05, 0) is 30.6 Å². The Kier molecular flexibility index (Phi) is 1.53. The highest BCUT2D eigenvalue weighted by Crippen LogP contribution is 2.60. The molecule has 1 unspecified atom stereocenters. The Morgan fingerprint density at radius 2 is 2.09 bits per heavy atom. The zero-order valence-electron chi connectivity index (χ0n) is 6.68. The largest absolute Gasteiger partial charge is 0.396 e. The molecule has 2 saturated carbocycles. The van der Waals surface area contributed by atoms with Gasteiger partial charge in [0.25, 0.3) is 0 Å². The lowest BCUT2D eigenvalue weighted by molar-refractivity contribution is -0.121. The van der Waals surface area contributed by atoms with Crippen molar-refractivity contribution < 1.29 is 9.90 Å². The van der Waals surface area contributed by atoms with Gasteiger partial charge in [-0.3, -0.25) is 4.79 Å². The van der Waals surface area contributed by atoms with E-state index in [0.717, 1.165) is 32.1 Å². The first-order valence-electron chi connectivity index (χ1n) is 4.39. The number of carbonyl (C=O) groups excluding carboxylic acids is 1. The number of carbonyl (C=O) groups is 1. The Bertz CT molecular complexity index is 176. The molecule has 0 aromatic rings. The van der Waals surface area contributed by atoms with Crippen molar-refractivity contribution in [1.82, 2.24) is 0 Å². The van der Waals surface area contributed by atoms with Crippen LogP contribution in [0.4, 0.5) is 0 Å². The van der Waals surface area contributed by atoms with Crippen LogP contribution in [0.2, 0.25) is 0 Å². The summed E-state index contributed by atoms with van der Waals surface area (Å²) in [5, 5.41) is 8.90. The second-order valence-corrected chi connectivity index (χ2v) is 3.98. The first-order chi connectivity index (χ1) is 5.27. The molecule has 0 saturated heterocycles. The number of aliphatic hydroxyl groups is 1. The van der Waals surface area contributed by atoms with Crippen LogP contribution >= 0.6 is 0 Å². The van der Waals surface area contributed by atoms with Crippen LogP contribution in [-0.4, -0.2) is 17.5 Å². The summed E-state index contributed by atoms with van der Waals surface area (Å²) in [6, 6.07) is 0. The summed E-state index contributed by atoms with van der Waals surface area (Å²) < 4.78 is 0. The van der Waals surface area contributed by atoms with E-state index in [1.165, 1.54) is 0 Å². The average molecular weight is 154 g/mol. The lowest BCUT2D eigenvalue weighted by Crippen LogP contribution is -2.17. The van der Waals surface area contributed by atoms with Gasteiger partial charge in [-0.15, -0.1) is 0 Å². The third-order valence-electron chi connectivity index (χ3n) is 3.38. The van der Waals surface area contributed by atoms with Gasteiger partial charge in [-0.2, -0.15) is 0 Å². The van der Waals surface area contributed by atoms with E-state index in [1.807, 2.05) is 0 Å². The molecule has 0 aromatic carbocycles. The van der Waals surface area contributed by atoms with Gasteiger partial charge in [0, 0.05) is 19.4 Å². The van der Waals surface area contributed by atoms with E-state index in [1.54, 1.807) is 0 Å². The first-order valence-corrected chi connectivity index (χ1v) is 4.39. The van der Waals surface area contributed by atoms with Gasteiger partial charge in [0.05, 0.1) is 0 Å². The number of hydrogen-bond acceptors (Lipinski definition) is 2. The highest BCUT2D eigenvalue weighted by Gasteiger charge is 2.54. The molecule has 0 heterocycles. The Morgan fingerprint density at radius 1 is 1.45 bits per heavy atom. The minimum atomic E-state index is 0.328. The quantitative estimate of drug-likeness (QED) is 0.614. The predicted octanol–water partition coefficient (Wildman–Crippen LogP) is 1.13. The minimum Gasteiger partial charge on any atom is -0.396 e. The molecule has 2 aliphatic carbocycles. The van der Waals surface area contributed by atoms with Gasteiger partial charge in [0.1, 0.15) is 5.78 Å². The molecule has 0 bridgehead atoms. The van der Waals surface area contributed by atoms with E-state index in [-0.39, 0.29) is 0 Å². The minimum absolute atomic E-state index is 0.328. The maximum Gasteiger partial charge on any atom is 0.132 e. The number of hydrogen-bond donors (Lipinski definition) is 1. The SMILES string of the molecule is O=C1CCC2(CC1)CC2CO. The summed E-state index contributed by atoms with van der Waals surface area (Å²) >= 11 is 0. The smallest absolute Gasteiger partial charge is 0.132 e. The third kappa shape index (κ3) is 1.09. The lowest BCUT2D eigenvalue weighted by Gasteiger charge is -2.20. The summed E-state index contributed by atoms with van der Waals surface area (Å²) in [7, 11) is 0. The second kappa shape index (κ2) is 2.31. The predicted molar refractivity (Wildman–Crippen MR) is 41.1 cm³/mol. The van der Waals surface area contributed by atoms with E-state index >= 15 is 0 Å². The molecule has 11 heavy (non-hydrogen) atoms. The van der Waals surface area contributed by atoms with Crippen LogP contribution in [0.25, 0.3) is 0 Å². The van der Waals surface area contributed by atoms with Crippen LogP contribution in [0.15, 0.2) is 0 Å². The Balaban J connectivity index is 1.94. The zero-order valence-corrected chi connectivity index (χ0v) is 6.68. The molecular weight excluding hydrogens is 140 g/mol. The Morgan fingerprint density at radius 3 is 2.55 bits per heavy atom.